The van der Waals surface area contributed by atoms with Crippen molar-refractivity contribution in [2.24, 2.45) is 5.92 Å². The SMILES string of the molecule is CC.PCC1CCCC1. The highest BCUT2D eigenvalue weighted by Crippen LogP contribution is 2.25. The summed E-state index contributed by atoms with van der Waals surface area (Å²) in [5, 5.41) is 0. The van der Waals surface area contributed by atoms with Gasteiger partial charge in [0, 0.05) is 0 Å². The molecule has 1 fully saturated rings. The van der Waals surface area contributed by atoms with Gasteiger partial charge in [-0.05, 0) is 12.1 Å². The summed E-state index contributed by atoms with van der Waals surface area (Å²) in [5.74, 6) is 1.06. The molecule has 1 heteroatoms. The molecule has 0 aromatic rings. The van der Waals surface area contributed by atoms with Gasteiger partial charge in [0.05, 0.1) is 0 Å². The molecule has 0 nitrogen and oxygen atoms in total. The topological polar surface area (TPSA) is 0 Å². The molecule has 1 aliphatic carbocycles. The second-order valence-corrected chi connectivity index (χ2v) is 2.86. The van der Waals surface area contributed by atoms with E-state index >= 15 is 0 Å². The summed E-state index contributed by atoms with van der Waals surface area (Å²) in [6.07, 6.45) is 7.28. The molecule has 0 N–H and O–H groups in total. The third-order valence-electron chi connectivity index (χ3n) is 1.81. The summed E-state index contributed by atoms with van der Waals surface area (Å²) < 4.78 is 0. The summed E-state index contributed by atoms with van der Waals surface area (Å²) in [6, 6.07) is 0. The fourth-order valence-electron chi connectivity index (χ4n) is 1.25. The maximum absolute atomic E-state index is 2.82. The first kappa shape index (κ1) is 9.43. The fraction of sp³-hybridized carbons (Fsp3) is 1.00. The van der Waals surface area contributed by atoms with Crippen molar-refractivity contribution in [1.82, 2.24) is 0 Å². The van der Waals surface area contributed by atoms with Gasteiger partial charge in [-0.15, -0.1) is 9.24 Å². The lowest BCUT2D eigenvalue weighted by molar-refractivity contribution is 0.623. The average molecular weight is 146 g/mol. The van der Waals surface area contributed by atoms with Crippen LogP contribution in [0.1, 0.15) is 39.5 Å². The number of hydrogen-bond acceptors (Lipinski definition) is 0. The number of rotatable bonds is 1. The Labute approximate surface area is 61.6 Å². The largest absolute Gasteiger partial charge is 0.137 e. The second-order valence-electron chi connectivity index (χ2n) is 2.39. The van der Waals surface area contributed by atoms with Crippen LogP contribution in [0.4, 0.5) is 0 Å². The average Bonchev–Trinajstić information content (AvgIpc) is 2.43. The van der Waals surface area contributed by atoms with Crippen LogP contribution in [0.25, 0.3) is 0 Å². The molecule has 0 aromatic carbocycles. The Hall–Kier alpha value is 0.430. The third-order valence-corrected chi connectivity index (χ3v) is 2.47. The molecule has 0 spiro atoms. The van der Waals surface area contributed by atoms with Gasteiger partial charge in [-0.25, -0.2) is 0 Å². The molecule has 1 rings (SSSR count). The molecule has 0 heterocycles. The standard InChI is InChI=1S/C6H13P.C2H6/c7-5-6-3-1-2-4-6;1-2/h6H,1-5,7H2;1-2H3. The van der Waals surface area contributed by atoms with E-state index in [1.165, 1.54) is 31.8 Å². The predicted octanol–water partition coefficient (Wildman–Crippen LogP) is 3.08. The van der Waals surface area contributed by atoms with Crippen LogP contribution < -0.4 is 0 Å². The van der Waals surface area contributed by atoms with Gasteiger partial charge in [0.25, 0.3) is 0 Å². The summed E-state index contributed by atoms with van der Waals surface area (Å²) in [7, 11) is 2.82. The van der Waals surface area contributed by atoms with Gasteiger partial charge >= 0.3 is 0 Å². The minimum atomic E-state index is 1.06. The minimum Gasteiger partial charge on any atom is -0.137 e. The van der Waals surface area contributed by atoms with Crippen LogP contribution in [0.5, 0.6) is 0 Å². The molecule has 0 bridgehead atoms. The van der Waals surface area contributed by atoms with Crippen molar-refractivity contribution in [2.75, 3.05) is 6.16 Å². The Balaban J connectivity index is 0.000000291. The van der Waals surface area contributed by atoms with Crippen molar-refractivity contribution in [1.29, 1.82) is 0 Å². The molecule has 1 unspecified atom stereocenters. The first-order chi connectivity index (χ1) is 4.43. The molecule has 0 radical (unpaired) electrons. The van der Waals surface area contributed by atoms with Gasteiger partial charge in [-0.3, -0.25) is 0 Å². The van der Waals surface area contributed by atoms with Gasteiger partial charge in [0.15, 0.2) is 0 Å². The first-order valence-corrected chi connectivity index (χ1v) is 4.95. The van der Waals surface area contributed by atoms with Crippen LogP contribution >= 0.6 is 9.24 Å². The highest BCUT2D eigenvalue weighted by atomic mass is 31.0. The fourth-order valence-corrected chi connectivity index (χ4v) is 1.72. The normalized spacial score (nSPS) is 19.0. The van der Waals surface area contributed by atoms with E-state index in [-0.39, 0.29) is 0 Å². The monoisotopic (exact) mass is 146 g/mol. The van der Waals surface area contributed by atoms with Crippen LogP contribution in [0.15, 0.2) is 0 Å². The van der Waals surface area contributed by atoms with E-state index in [4.69, 9.17) is 0 Å². The van der Waals surface area contributed by atoms with Gasteiger partial charge < -0.3 is 0 Å². The van der Waals surface area contributed by atoms with Crippen molar-refractivity contribution in [3.63, 3.8) is 0 Å². The van der Waals surface area contributed by atoms with Crippen molar-refractivity contribution < 1.29 is 0 Å². The summed E-state index contributed by atoms with van der Waals surface area (Å²) >= 11 is 0. The van der Waals surface area contributed by atoms with E-state index in [1.807, 2.05) is 13.8 Å². The Bertz CT molecular complexity index is 46.5. The smallest absolute Gasteiger partial charge is 0.0353 e. The molecule has 56 valence electrons. The zero-order valence-corrected chi connectivity index (χ0v) is 7.84. The molecule has 0 aliphatic heterocycles. The lowest BCUT2D eigenvalue weighted by Gasteiger charge is -1.99. The lowest BCUT2D eigenvalue weighted by Crippen LogP contribution is -1.91. The van der Waals surface area contributed by atoms with Crippen molar-refractivity contribution in [3.8, 4) is 0 Å². The van der Waals surface area contributed by atoms with Crippen LogP contribution in [0.2, 0.25) is 0 Å². The molecular formula is C8H19P. The highest BCUT2D eigenvalue weighted by Gasteiger charge is 2.11. The van der Waals surface area contributed by atoms with Gasteiger partial charge in [-0.2, -0.15) is 0 Å². The lowest BCUT2D eigenvalue weighted by atomic mass is 10.1. The minimum absolute atomic E-state index is 1.06. The van der Waals surface area contributed by atoms with Crippen LogP contribution in [0.3, 0.4) is 0 Å². The summed E-state index contributed by atoms with van der Waals surface area (Å²) in [4.78, 5) is 0. The maximum atomic E-state index is 2.82. The first-order valence-electron chi connectivity index (χ1n) is 4.13. The Morgan fingerprint density at radius 2 is 1.67 bits per heavy atom. The van der Waals surface area contributed by atoms with E-state index < -0.39 is 0 Å². The zero-order valence-electron chi connectivity index (χ0n) is 6.69. The molecule has 9 heavy (non-hydrogen) atoms. The van der Waals surface area contributed by atoms with Crippen LogP contribution in [-0.2, 0) is 0 Å². The maximum Gasteiger partial charge on any atom is -0.0353 e. The Morgan fingerprint density at radius 1 is 1.22 bits per heavy atom. The van der Waals surface area contributed by atoms with Crippen molar-refractivity contribution in [2.45, 2.75) is 39.5 Å². The van der Waals surface area contributed by atoms with Crippen molar-refractivity contribution in [3.05, 3.63) is 0 Å². The third kappa shape index (κ3) is 3.92. The van der Waals surface area contributed by atoms with Gasteiger partial charge in [0.2, 0.25) is 0 Å². The van der Waals surface area contributed by atoms with Crippen LogP contribution in [-0.4, -0.2) is 6.16 Å². The van der Waals surface area contributed by atoms with E-state index in [0.29, 0.717) is 0 Å². The zero-order chi connectivity index (χ0) is 7.11. The predicted molar refractivity (Wildman–Crippen MR) is 47.9 cm³/mol. The highest BCUT2D eigenvalue weighted by molar-refractivity contribution is 7.16. The Morgan fingerprint density at radius 3 is 1.89 bits per heavy atom. The molecule has 0 saturated heterocycles. The summed E-state index contributed by atoms with van der Waals surface area (Å²) in [5.41, 5.74) is 0. The molecular weight excluding hydrogens is 127 g/mol. The van der Waals surface area contributed by atoms with E-state index in [1.54, 1.807) is 0 Å². The number of hydrogen-bond donors (Lipinski definition) is 0. The van der Waals surface area contributed by atoms with Crippen molar-refractivity contribution >= 4 is 9.24 Å². The molecule has 0 amide bonds. The Kier molecular flexibility index (Phi) is 6.86. The molecule has 1 aliphatic rings. The molecule has 1 atom stereocenters. The van der Waals surface area contributed by atoms with E-state index in [0.717, 1.165) is 5.92 Å². The second kappa shape index (κ2) is 6.55. The van der Waals surface area contributed by atoms with Gasteiger partial charge in [0.1, 0.15) is 0 Å². The van der Waals surface area contributed by atoms with Crippen LogP contribution in [0, 0.1) is 5.92 Å². The van der Waals surface area contributed by atoms with E-state index in [2.05, 4.69) is 9.24 Å². The molecule has 0 aromatic heterocycles. The van der Waals surface area contributed by atoms with Gasteiger partial charge in [-0.1, -0.05) is 39.5 Å². The quantitative estimate of drug-likeness (QED) is 0.499. The van der Waals surface area contributed by atoms with E-state index in [9.17, 15) is 0 Å². The summed E-state index contributed by atoms with van der Waals surface area (Å²) in [6.45, 7) is 4.00. The molecule has 1 saturated carbocycles.